The Balaban J connectivity index is 2.13. The zero-order valence-corrected chi connectivity index (χ0v) is 12.0. The first kappa shape index (κ1) is 13.5. The van der Waals surface area contributed by atoms with Crippen LogP contribution in [0.25, 0.3) is 0 Å². The number of amides is 1. The van der Waals surface area contributed by atoms with Gasteiger partial charge in [0.2, 0.25) is 0 Å². The molecule has 0 aliphatic rings. The molecule has 1 heterocycles. The fourth-order valence-corrected chi connectivity index (χ4v) is 1.95. The second-order valence-corrected chi connectivity index (χ2v) is 4.46. The maximum atomic E-state index is 12.0. The van der Waals surface area contributed by atoms with Crippen LogP contribution in [0.4, 0.5) is 5.95 Å². The molecule has 19 heavy (non-hydrogen) atoms. The van der Waals surface area contributed by atoms with Crippen molar-refractivity contribution in [3.8, 4) is 5.75 Å². The topological polar surface area (TPSA) is 81.9 Å². The number of carbonyl (C=O) groups excluding carboxylic acids is 1. The Kier molecular flexibility index (Phi) is 4.10. The van der Waals surface area contributed by atoms with Crippen LogP contribution in [-0.4, -0.2) is 33.2 Å². The van der Waals surface area contributed by atoms with Crippen molar-refractivity contribution >= 4 is 27.8 Å². The summed E-state index contributed by atoms with van der Waals surface area (Å²) in [6, 6.07) is 5.02. The summed E-state index contributed by atoms with van der Waals surface area (Å²) in [4.78, 5) is 13.4. The third kappa shape index (κ3) is 3.08. The summed E-state index contributed by atoms with van der Waals surface area (Å²) < 4.78 is 5.80. The lowest BCUT2D eigenvalue weighted by molar-refractivity contribution is 0.102. The second kappa shape index (κ2) is 5.79. The first-order valence-electron chi connectivity index (χ1n) is 5.56. The molecule has 0 unspecified atom stereocenters. The molecule has 1 aromatic heterocycles. The van der Waals surface area contributed by atoms with Crippen LogP contribution in [0.2, 0.25) is 0 Å². The predicted molar refractivity (Wildman–Crippen MR) is 72.1 cm³/mol. The minimum absolute atomic E-state index is 0.179. The van der Waals surface area contributed by atoms with E-state index in [0.717, 1.165) is 0 Å². The van der Waals surface area contributed by atoms with Crippen LogP contribution in [0.3, 0.4) is 0 Å². The predicted octanol–water partition coefficient (Wildman–Crippen LogP) is 1.72. The maximum absolute atomic E-state index is 12.0. The Bertz CT molecular complexity index is 599. The lowest BCUT2D eigenvalue weighted by Crippen LogP contribution is -2.13. The molecule has 0 saturated carbocycles. The molecule has 8 heteroatoms. The second-order valence-electron chi connectivity index (χ2n) is 3.61. The van der Waals surface area contributed by atoms with Crippen LogP contribution in [0, 0.1) is 0 Å². The zero-order valence-electron chi connectivity index (χ0n) is 10.4. The van der Waals surface area contributed by atoms with Crippen molar-refractivity contribution < 1.29 is 9.53 Å². The normalized spacial score (nSPS) is 10.3. The molecule has 1 aromatic carbocycles. The third-order valence-corrected chi connectivity index (χ3v) is 2.99. The van der Waals surface area contributed by atoms with Crippen molar-refractivity contribution in [3.63, 3.8) is 0 Å². The van der Waals surface area contributed by atoms with Crippen molar-refractivity contribution in [2.24, 2.45) is 0 Å². The van der Waals surface area contributed by atoms with Gasteiger partial charge >= 0.3 is 0 Å². The summed E-state index contributed by atoms with van der Waals surface area (Å²) in [5, 5.41) is 14.0. The number of methoxy groups -OCH3 is 1. The van der Waals surface area contributed by atoms with Gasteiger partial charge < -0.3 is 4.74 Å². The molecule has 0 aliphatic heterocycles. The van der Waals surface area contributed by atoms with Gasteiger partial charge in [0.15, 0.2) is 0 Å². The highest BCUT2D eigenvalue weighted by atomic mass is 79.9. The monoisotopic (exact) mass is 325 g/mol. The Hall–Kier alpha value is -1.96. The molecule has 0 spiro atoms. The number of hydrogen-bond acceptors (Lipinski definition) is 5. The third-order valence-electron chi connectivity index (χ3n) is 2.38. The number of benzene rings is 1. The number of nitrogens with one attached hydrogen (secondary N) is 1. The van der Waals surface area contributed by atoms with Crippen LogP contribution < -0.4 is 10.1 Å². The molecule has 1 amide bonds. The first-order chi connectivity index (χ1) is 9.13. The highest BCUT2D eigenvalue weighted by Gasteiger charge is 2.11. The van der Waals surface area contributed by atoms with E-state index in [1.165, 1.54) is 4.80 Å². The molecule has 100 valence electrons. The van der Waals surface area contributed by atoms with Crippen LogP contribution in [0.15, 0.2) is 22.7 Å². The highest BCUT2D eigenvalue weighted by Crippen LogP contribution is 2.25. The average molecular weight is 326 g/mol. The van der Waals surface area contributed by atoms with E-state index in [1.807, 2.05) is 6.92 Å². The van der Waals surface area contributed by atoms with Gasteiger partial charge in [-0.25, -0.2) is 0 Å². The molecule has 0 saturated heterocycles. The van der Waals surface area contributed by atoms with Crippen molar-refractivity contribution in [3.05, 3.63) is 28.2 Å². The maximum Gasteiger partial charge on any atom is 0.270 e. The van der Waals surface area contributed by atoms with Gasteiger partial charge in [-0.05, 0) is 46.3 Å². The molecule has 0 atom stereocenters. The SMILES string of the molecule is CCn1nnc(NC(=O)c2ccc(OC)c(Br)c2)n1. The number of aryl methyl sites for hydroxylation is 1. The minimum Gasteiger partial charge on any atom is -0.496 e. The van der Waals surface area contributed by atoms with Crippen LogP contribution >= 0.6 is 15.9 Å². The standard InChI is InChI=1S/C11H12BrN5O2/c1-3-17-15-11(14-16-17)13-10(18)7-4-5-9(19-2)8(12)6-7/h4-6H,3H2,1-2H3,(H,13,15,18). The molecule has 0 aliphatic carbocycles. The fourth-order valence-electron chi connectivity index (χ4n) is 1.41. The molecular formula is C11H12BrN5O2. The Labute approximate surface area is 118 Å². The van der Waals surface area contributed by atoms with Gasteiger partial charge in [-0.15, -0.1) is 5.10 Å². The van der Waals surface area contributed by atoms with Gasteiger partial charge in [0, 0.05) is 5.56 Å². The fraction of sp³-hybridized carbons (Fsp3) is 0.273. The number of carbonyl (C=O) groups is 1. The number of anilines is 1. The highest BCUT2D eigenvalue weighted by molar-refractivity contribution is 9.10. The van der Waals surface area contributed by atoms with Gasteiger partial charge in [0.25, 0.3) is 11.9 Å². The van der Waals surface area contributed by atoms with Gasteiger partial charge in [0.1, 0.15) is 5.75 Å². The number of tetrazole rings is 1. The van der Waals surface area contributed by atoms with E-state index in [0.29, 0.717) is 22.3 Å². The Morgan fingerprint density at radius 1 is 1.53 bits per heavy atom. The lowest BCUT2D eigenvalue weighted by atomic mass is 10.2. The summed E-state index contributed by atoms with van der Waals surface area (Å²) >= 11 is 3.32. The van der Waals surface area contributed by atoms with Crippen LogP contribution in [0.1, 0.15) is 17.3 Å². The van der Waals surface area contributed by atoms with Crippen molar-refractivity contribution in [2.45, 2.75) is 13.5 Å². The smallest absolute Gasteiger partial charge is 0.270 e. The zero-order chi connectivity index (χ0) is 13.8. The van der Waals surface area contributed by atoms with Gasteiger partial charge in [0.05, 0.1) is 18.1 Å². The Morgan fingerprint density at radius 2 is 2.32 bits per heavy atom. The number of halogens is 1. The van der Waals surface area contributed by atoms with E-state index >= 15 is 0 Å². The van der Waals surface area contributed by atoms with E-state index in [-0.39, 0.29) is 11.9 Å². The molecule has 1 N–H and O–H groups in total. The van der Waals surface area contributed by atoms with Gasteiger partial charge in [-0.2, -0.15) is 4.80 Å². The van der Waals surface area contributed by atoms with E-state index in [1.54, 1.807) is 25.3 Å². The Morgan fingerprint density at radius 3 is 2.89 bits per heavy atom. The molecule has 2 aromatic rings. The summed E-state index contributed by atoms with van der Waals surface area (Å²) in [6.45, 7) is 2.48. The molecule has 7 nitrogen and oxygen atoms in total. The van der Waals surface area contributed by atoms with Gasteiger partial charge in [-0.1, -0.05) is 5.10 Å². The quantitative estimate of drug-likeness (QED) is 0.925. The summed E-state index contributed by atoms with van der Waals surface area (Å²) in [5.74, 6) is 0.532. The van der Waals surface area contributed by atoms with E-state index < -0.39 is 0 Å². The number of rotatable bonds is 4. The number of aromatic nitrogens is 4. The van der Waals surface area contributed by atoms with E-state index in [9.17, 15) is 4.79 Å². The van der Waals surface area contributed by atoms with E-state index in [4.69, 9.17) is 4.74 Å². The number of ether oxygens (including phenoxy) is 1. The minimum atomic E-state index is -0.306. The molecule has 2 rings (SSSR count). The average Bonchev–Trinajstić information content (AvgIpc) is 2.86. The number of hydrogen-bond donors (Lipinski definition) is 1. The lowest BCUT2D eigenvalue weighted by Gasteiger charge is -2.05. The molecule has 0 fully saturated rings. The van der Waals surface area contributed by atoms with Crippen molar-refractivity contribution in [1.29, 1.82) is 0 Å². The molecule has 0 radical (unpaired) electrons. The summed E-state index contributed by atoms with van der Waals surface area (Å²) in [6.07, 6.45) is 0. The van der Waals surface area contributed by atoms with Crippen molar-refractivity contribution in [1.82, 2.24) is 20.2 Å². The van der Waals surface area contributed by atoms with Crippen LogP contribution in [-0.2, 0) is 6.54 Å². The van der Waals surface area contributed by atoms with E-state index in [2.05, 4.69) is 36.7 Å². The van der Waals surface area contributed by atoms with Gasteiger partial charge in [-0.3, -0.25) is 10.1 Å². The van der Waals surface area contributed by atoms with Crippen LogP contribution in [0.5, 0.6) is 5.75 Å². The van der Waals surface area contributed by atoms with Crippen molar-refractivity contribution in [2.75, 3.05) is 12.4 Å². The largest absolute Gasteiger partial charge is 0.496 e. The molecular weight excluding hydrogens is 314 g/mol. The molecule has 0 bridgehead atoms. The first-order valence-corrected chi connectivity index (χ1v) is 6.36. The summed E-state index contributed by atoms with van der Waals surface area (Å²) in [7, 11) is 1.56. The summed E-state index contributed by atoms with van der Waals surface area (Å²) in [5.41, 5.74) is 0.473. The number of nitrogens with zero attached hydrogens (tertiary/aromatic N) is 4.